The minimum atomic E-state index is 0.102. The first kappa shape index (κ1) is 11.5. The molecular weight excluding hydrogens is 216 g/mol. The predicted octanol–water partition coefficient (Wildman–Crippen LogP) is 2.93. The average molecular weight is 230 g/mol. The molecule has 0 aliphatic carbocycles. The van der Waals surface area contributed by atoms with Crippen molar-refractivity contribution in [2.45, 2.75) is 13.3 Å². The highest BCUT2D eigenvalue weighted by molar-refractivity contribution is 6.04. The van der Waals surface area contributed by atoms with Crippen LogP contribution >= 0.6 is 0 Å². The van der Waals surface area contributed by atoms with E-state index in [9.17, 15) is 9.90 Å². The number of hydrogen-bond acceptors (Lipinski definition) is 3. The second-order valence-corrected chi connectivity index (χ2v) is 3.83. The number of aryl methyl sites for hydroxylation is 1. The lowest BCUT2D eigenvalue weighted by molar-refractivity contribution is 0.112. The van der Waals surface area contributed by atoms with E-state index in [4.69, 9.17) is 4.74 Å². The fourth-order valence-electron chi connectivity index (χ4n) is 2.08. The number of rotatable bonds is 3. The first-order valence-corrected chi connectivity index (χ1v) is 5.49. The summed E-state index contributed by atoms with van der Waals surface area (Å²) in [4.78, 5) is 11.1. The van der Waals surface area contributed by atoms with Crippen LogP contribution in [0.5, 0.6) is 11.5 Å². The Kier molecular flexibility index (Phi) is 3.00. The van der Waals surface area contributed by atoms with Gasteiger partial charge < -0.3 is 9.84 Å². The number of hydrogen-bond donors (Lipinski definition) is 1. The van der Waals surface area contributed by atoms with Crippen molar-refractivity contribution in [1.82, 2.24) is 0 Å². The highest BCUT2D eigenvalue weighted by Gasteiger charge is 2.13. The van der Waals surface area contributed by atoms with Crippen molar-refractivity contribution < 1.29 is 14.6 Å². The monoisotopic (exact) mass is 230 g/mol. The maximum Gasteiger partial charge on any atom is 0.165 e. The molecule has 88 valence electrons. The van der Waals surface area contributed by atoms with Gasteiger partial charge in [-0.3, -0.25) is 4.79 Å². The first-order valence-electron chi connectivity index (χ1n) is 5.49. The molecule has 2 rings (SSSR count). The number of ether oxygens (including phenoxy) is 1. The van der Waals surface area contributed by atoms with Gasteiger partial charge in [-0.15, -0.1) is 0 Å². The van der Waals surface area contributed by atoms with Crippen molar-refractivity contribution in [3.8, 4) is 11.5 Å². The van der Waals surface area contributed by atoms with E-state index < -0.39 is 0 Å². The van der Waals surface area contributed by atoms with Crippen LogP contribution in [0.25, 0.3) is 10.8 Å². The Morgan fingerprint density at radius 2 is 2.18 bits per heavy atom. The van der Waals surface area contributed by atoms with Crippen LogP contribution in [-0.2, 0) is 6.42 Å². The van der Waals surface area contributed by atoms with Crippen LogP contribution in [0.15, 0.2) is 24.3 Å². The van der Waals surface area contributed by atoms with E-state index in [-0.39, 0.29) is 5.75 Å². The smallest absolute Gasteiger partial charge is 0.165 e. The van der Waals surface area contributed by atoms with E-state index in [0.717, 1.165) is 23.7 Å². The van der Waals surface area contributed by atoms with E-state index in [2.05, 4.69) is 0 Å². The molecule has 0 unspecified atom stereocenters. The summed E-state index contributed by atoms with van der Waals surface area (Å²) in [6, 6.07) is 7.22. The summed E-state index contributed by atoms with van der Waals surface area (Å²) in [7, 11) is 1.48. The van der Waals surface area contributed by atoms with Crippen LogP contribution in [0.4, 0.5) is 0 Å². The molecule has 3 nitrogen and oxygen atoms in total. The second kappa shape index (κ2) is 4.45. The number of phenols is 1. The van der Waals surface area contributed by atoms with Gasteiger partial charge in [-0.1, -0.05) is 25.1 Å². The maximum atomic E-state index is 11.1. The number of aromatic hydroxyl groups is 1. The second-order valence-electron chi connectivity index (χ2n) is 3.83. The summed E-state index contributed by atoms with van der Waals surface area (Å²) in [6.45, 7) is 2.01. The predicted molar refractivity (Wildman–Crippen MR) is 66.9 cm³/mol. The fraction of sp³-hybridized carbons (Fsp3) is 0.214. The molecule has 0 saturated carbocycles. The highest BCUT2D eigenvalue weighted by Crippen LogP contribution is 2.38. The molecule has 0 aliphatic heterocycles. The zero-order valence-corrected chi connectivity index (χ0v) is 9.86. The van der Waals surface area contributed by atoms with Crippen molar-refractivity contribution in [3.63, 3.8) is 0 Å². The molecule has 0 aliphatic rings. The molecule has 2 aromatic carbocycles. The summed E-state index contributed by atoms with van der Waals surface area (Å²) in [5, 5.41) is 11.6. The van der Waals surface area contributed by atoms with E-state index in [1.807, 2.05) is 25.1 Å². The van der Waals surface area contributed by atoms with Gasteiger partial charge in [0.25, 0.3) is 0 Å². The van der Waals surface area contributed by atoms with Crippen LogP contribution in [0.3, 0.4) is 0 Å². The summed E-state index contributed by atoms with van der Waals surface area (Å²) < 4.78 is 5.09. The topological polar surface area (TPSA) is 46.5 Å². The Labute approximate surface area is 99.6 Å². The van der Waals surface area contributed by atoms with E-state index in [1.165, 1.54) is 7.11 Å². The van der Waals surface area contributed by atoms with Crippen molar-refractivity contribution in [2.24, 2.45) is 0 Å². The van der Waals surface area contributed by atoms with Crippen LogP contribution in [-0.4, -0.2) is 18.5 Å². The quantitative estimate of drug-likeness (QED) is 0.824. The summed E-state index contributed by atoms with van der Waals surface area (Å²) in [5.41, 5.74) is 1.53. The molecule has 0 fully saturated rings. The van der Waals surface area contributed by atoms with Gasteiger partial charge in [-0.25, -0.2) is 0 Å². The standard InChI is InChI=1S/C14H14O3/c1-3-9-5-4-6-11-10(8-15)7-12(17-2)14(16)13(9)11/h4-8,16H,3H2,1-2H3. The van der Waals surface area contributed by atoms with Gasteiger partial charge in [0, 0.05) is 10.9 Å². The molecule has 0 amide bonds. The molecule has 0 aromatic heterocycles. The largest absolute Gasteiger partial charge is 0.504 e. The molecule has 3 heteroatoms. The summed E-state index contributed by atoms with van der Waals surface area (Å²) >= 11 is 0. The summed E-state index contributed by atoms with van der Waals surface area (Å²) in [6.07, 6.45) is 1.57. The third kappa shape index (κ3) is 1.73. The van der Waals surface area contributed by atoms with Gasteiger partial charge in [-0.2, -0.15) is 0 Å². The number of benzene rings is 2. The zero-order chi connectivity index (χ0) is 12.4. The van der Waals surface area contributed by atoms with Gasteiger partial charge in [0.1, 0.15) is 0 Å². The minimum absolute atomic E-state index is 0.102. The summed E-state index contributed by atoms with van der Waals surface area (Å²) in [5.74, 6) is 0.436. The van der Waals surface area contributed by atoms with Gasteiger partial charge in [0.15, 0.2) is 17.8 Å². The van der Waals surface area contributed by atoms with Gasteiger partial charge in [0.05, 0.1) is 7.11 Å². The molecule has 0 heterocycles. The molecule has 2 aromatic rings. The Morgan fingerprint density at radius 1 is 1.41 bits per heavy atom. The number of phenolic OH excluding ortho intramolecular Hbond substituents is 1. The molecular formula is C14H14O3. The van der Waals surface area contributed by atoms with E-state index in [1.54, 1.807) is 6.07 Å². The first-order chi connectivity index (χ1) is 8.22. The van der Waals surface area contributed by atoms with Crippen LogP contribution in [0.1, 0.15) is 22.8 Å². The molecule has 0 radical (unpaired) electrons. The number of carbonyl (C=O) groups is 1. The normalized spacial score (nSPS) is 10.5. The third-order valence-electron chi connectivity index (χ3n) is 2.95. The lowest BCUT2D eigenvalue weighted by atomic mass is 9.98. The fourth-order valence-corrected chi connectivity index (χ4v) is 2.08. The van der Waals surface area contributed by atoms with Crippen molar-refractivity contribution in [3.05, 3.63) is 35.4 Å². The van der Waals surface area contributed by atoms with Crippen molar-refractivity contribution in [2.75, 3.05) is 7.11 Å². The lowest BCUT2D eigenvalue weighted by Crippen LogP contribution is -1.93. The van der Waals surface area contributed by atoms with Crippen molar-refractivity contribution >= 4 is 17.1 Å². The Balaban J connectivity index is 2.94. The number of methoxy groups -OCH3 is 1. The molecule has 0 bridgehead atoms. The zero-order valence-electron chi connectivity index (χ0n) is 9.86. The number of fused-ring (bicyclic) bond motifs is 1. The maximum absolute atomic E-state index is 11.1. The average Bonchev–Trinajstić information content (AvgIpc) is 2.38. The third-order valence-corrected chi connectivity index (χ3v) is 2.95. The number of aldehydes is 1. The Bertz CT molecular complexity index is 573. The van der Waals surface area contributed by atoms with Gasteiger partial charge in [0.2, 0.25) is 0 Å². The molecule has 0 atom stereocenters. The van der Waals surface area contributed by atoms with Crippen LogP contribution in [0.2, 0.25) is 0 Å². The van der Waals surface area contributed by atoms with E-state index in [0.29, 0.717) is 16.7 Å². The molecule has 1 N–H and O–H groups in total. The van der Waals surface area contributed by atoms with E-state index >= 15 is 0 Å². The Hall–Kier alpha value is -2.03. The molecule has 0 spiro atoms. The minimum Gasteiger partial charge on any atom is -0.504 e. The van der Waals surface area contributed by atoms with Gasteiger partial charge >= 0.3 is 0 Å². The van der Waals surface area contributed by atoms with Crippen LogP contribution < -0.4 is 4.74 Å². The molecule has 17 heavy (non-hydrogen) atoms. The highest BCUT2D eigenvalue weighted by atomic mass is 16.5. The van der Waals surface area contributed by atoms with Crippen molar-refractivity contribution in [1.29, 1.82) is 0 Å². The molecule has 0 saturated heterocycles. The lowest BCUT2D eigenvalue weighted by Gasteiger charge is -2.12. The number of carbonyl (C=O) groups excluding carboxylic acids is 1. The SMILES string of the molecule is CCc1cccc2c(C=O)cc(OC)c(O)c12. The van der Waals surface area contributed by atoms with Gasteiger partial charge in [-0.05, 0) is 23.4 Å². The Morgan fingerprint density at radius 3 is 2.76 bits per heavy atom. The van der Waals surface area contributed by atoms with Crippen LogP contribution in [0, 0.1) is 0 Å².